The quantitative estimate of drug-likeness (QED) is 0.615. The van der Waals surface area contributed by atoms with Crippen LogP contribution < -0.4 is 4.31 Å². The zero-order valence-corrected chi connectivity index (χ0v) is 16.5. The number of benzene rings is 2. The zero-order chi connectivity index (χ0) is 22.4. The Hall–Kier alpha value is -1.69. The van der Waals surface area contributed by atoms with Crippen LogP contribution in [0.4, 0.5) is 32.0 Å². The molecular formula is C16H11Cl2F6NO3S. The summed E-state index contributed by atoms with van der Waals surface area (Å²) in [7, 11) is -3.33. The SMILES string of the molecule is CN(c1ccc(C(O)(C(F)(F)F)C(F)(F)F)cc1)S(=O)(=O)c1cccc(Cl)c1Cl. The van der Waals surface area contributed by atoms with E-state index in [4.69, 9.17) is 23.2 Å². The Bertz CT molecular complexity index is 993. The van der Waals surface area contributed by atoms with E-state index in [-0.39, 0.29) is 15.7 Å². The molecular weight excluding hydrogens is 471 g/mol. The number of alkyl halides is 6. The molecule has 0 aliphatic heterocycles. The molecule has 2 aromatic rings. The van der Waals surface area contributed by atoms with Crippen molar-refractivity contribution in [2.24, 2.45) is 0 Å². The maximum atomic E-state index is 12.9. The first-order chi connectivity index (χ1) is 13.0. The summed E-state index contributed by atoms with van der Waals surface area (Å²) in [5.74, 6) is 0. The highest BCUT2D eigenvalue weighted by Crippen LogP contribution is 2.50. The van der Waals surface area contributed by atoms with Crippen LogP contribution in [-0.2, 0) is 15.6 Å². The Morgan fingerprint density at radius 2 is 1.38 bits per heavy atom. The van der Waals surface area contributed by atoms with Gasteiger partial charge < -0.3 is 5.11 Å². The summed E-state index contributed by atoms with van der Waals surface area (Å²) in [4.78, 5) is -0.416. The summed E-state index contributed by atoms with van der Waals surface area (Å²) < 4.78 is 104. The topological polar surface area (TPSA) is 57.6 Å². The number of halogens is 8. The molecule has 0 spiro atoms. The molecule has 2 aromatic carbocycles. The van der Waals surface area contributed by atoms with Crippen molar-refractivity contribution in [2.75, 3.05) is 11.4 Å². The summed E-state index contributed by atoms with van der Waals surface area (Å²) in [5.41, 5.74) is -6.92. The third-order valence-corrected chi connectivity index (χ3v) is 6.78. The van der Waals surface area contributed by atoms with Crippen LogP contribution in [0, 0.1) is 0 Å². The van der Waals surface area contributed by atoms with Crippen LogP contribution in [0.15, 0.2) is 47.4 Å². The third kappa shape index (κ3) is 4.00. The van der Waals surface area contributed by atoms with Gasteiger partial charge in [0, 0.05) is 12.6 Å². The summed E-state index contributed by atoms with van der Waals surface area (Å²) in [6, 6.07) is 5.80. The lowest BCUT2D eigenvalue weighted by atomic mass is 9.92. The number of anilines is 1. The Morgan fingerprint density at radius 1 is 0.897 bits per heavy atom. The van der Waals surface area contributed by atoms with E-state index in [1.807, 2.05) is 0 Å². The second-order valence-corrected chi connectivity index (χ2v) is 8.50. The second kappa shape index (κ2) is 7.53. The predicted octanol–water partition coefficient (Wildman–Crippen LogP) is 5.13. The first-order valence-electron chi connectivity index (χ1n) is 7.44. The highest BCUT2D eigenvalue weighted by atomic mass is 35.5. The predicted molar refractivity (Wildman–Crippen MR) is 94.5 cm³/mol. The van der Waals surface area contributed by atoms with E-state index in [1.165, 1.54) is 12.1 Å². The van der Waals surface area contributed by atoms with Crippen molar-refractivity contribution >= 4 is 38.9 Å². The lowest BCUT2D eigenvalue weighted by molar-refractivity contribution is -0.376. The lowest BCUT2D eigenvalue weighted by Crippen LogP contribution is -2.53. The van der Waals surface area contributed by atoms with Gasteiger partial charge in [0.15, 0.2) is 0 Å². The van der Waals surface area contributed by atoms with Crippen molar-refractivity contribution in [1.29, 1.82) is 0 Å². The van der Waals surface area contributed by atoms with Crippen molar-refractivity contribution in [1.82, 2.24) is 0 Å². The Kier molecular flexibility index (Phi) is 6.12. The molecule has 0 amide bonds. The van der Waals surface area contributed by atoms with Gasteiger partial charge in [0.2, 0.25) is 0 Å². The Morgan fingerprint density at radius 3 is 1.83 bits per heavy atom. The van der Waals surface area contributed by atoms with Crippen LogP contribution in [0.3, 0.4) is 0 Å². The summed E-state index contributed by atoms with van der Waals surface area (Å²) in [6.45, 7) is 0. The average molecular weight is 482 g/mol. The minimum absolute atomic E-state index is 0.0723. The van der Waals surface area contributed by atoms with Crippen molar-refractivity contribution in [3.63, 3.8) is 0 Å². The molecule has 0 saturated heterocycles. The van der Waals surface area contributed by atoms with Gasteiger partial charge >= 0.3 is 12.4 Å². The molecule has 0 bridgehead atoms. The van der Waals surface area contributed by atoms with Crippen LogP contribution in [0.1, 0.15) is 5.56 Å². The van der Waals surface area contributed by atoms with Gasteiger partial charge in [-0.1, -0.05) is 41.4 Å². The zero-order valence-electron chi connectivity index (χ0n) is 14.2. The molecule has 0 fully saturated rings. The number of nitrogens with zero attached hydrogens (tertiary/aromatic N) is 1. The van der Waals surface area contributed by atoms with Crippen LogP contribution in [-0.4, -0.2) is 32.9 Å². The monoisotopic (exact) mass is 481 g/mol. The van der Waals surface area contributed by atoms with Crippen LogP contribution in [0.5, 0.6) is 0 Å². The number of aliphatic hydroxyl groups is 1. The molecule has 0 saturated carbocycles. The molecule has 4 nitrogen and oxygen atoms in total. The number of hydrogen-bond acceptors (Lipinski definition) is 3. The van der Waals surface area contributed by atoms with E-state index in [9.17, 15) is 39.9 Å². The van der Waals surface area contributed by atoms with Crippen molar-refractivity contribution in [3.05, 3.63) is 58.1 Å². The van der Waals surface area contributed by atoms with Gasteiger partial charge in [0.1, 0.15) is 4.90 Å². The summed E-state index contributed by atoms with van der Waals surface area (Å²) in [6.07, 6.45) is -12.1. The largest absolute Gasteiger partial charge is 0.430 e. The van der Waals surface area contributed by atoms with Crippen LogP contribution in [0.25, 0.3) is 0 Å². The smallest absolute Gasteiger partial charge is 0.369 e. The van der Waals surface area contributed by atoms with E-state index in [1.54, 1.807) is 0 Å². The van der Waals surface area contributed by atoms with E-state index in [0.29, 0.717) is 28.6 Å². The highest BCUT2D eigenvalue weighted by Gasteiger charge is 2.71. The fourth-order valence-electron chi connectivity index (χ4n) is 2.37. The van der Waals surface area contributed by atoms with Gasteiger partial charge in [-0.15, -0.1) is 0 Å². The third-order valence-electron chi connectivity index (χ3n) is 4.02. The first-order valence-corrected chi connectivity index (χ1v) is 9.64. The molecule has 2 rings (SSSR count). The second-order valence-electron chi connectivity index (χ2n) is 5.78. The number of hydrogen-bond donors (Lipinski definition) is 1. The first kappa shape index (κ1) is 23.6. The van der Waals surface area contributed by atoms with Crippen molar-refractivity contribution in [3.8, 4) is 0 Å². The van der Waals surface area contributed by atoms with E-state index in [2.05, 4.69) is 0 Å². The van der Waals surface area contributed by atoms with Crippen molar-refractivity contribution in [2.45, 2.75) is 22.8 Å². The normalized spacial score (nSPS) is 13.4. The maximum Gasteiger partial charge on any atom is 0.430 e. The average Bonchev–Trinajstić information content (AvgIpc) is 2.60. The molecule has 0 atom stereocenters. The van der Waals surface area contributed by atoms with E-state index in [0.717, 1.165) is 13.1 Å². The maximum absolute atomic E-state index is 12.9. The van der Waals surface area contributed by atoms with Crippen LogP contribution >= 0.6 is 23.2 Å². The molecule has 1 N–H and O–H groups in total. The van der Waals surface area contributed by atoms with Gasteiger partial charge in [-0.3, -0.25) is 4.31 Å². The standard InChI is InChI=1S/C16H11Cl2F6NO3S/c1-25(29(27,28)12-4-2-3-11(17)13(12)18)10-7-5-9(6-8-10)14(26,15(19,20)21)16(22,23)24/h2-8,26H,1H3. The van der Waals surface area contributed by atoms with E-state index < -0.39 is 38.4 Å². The Labute approximate surface area is 171 Å². The fourth-order valence-corrected chi connectivity index (χ4v) is 4.30. The summed E-state index contributed by atoms with van der Waals surface area (Å²) >= 11 is 11.6. The molecule has 160 valence electrons. The van der Waals surface area contributed by atoms with Gasteiger partial charge in [-0.05, 0) is 24.3 Å². The van der Waals surface area contributed by atoms with E-state index >= 15 is 0 Å². The fraction of sp³-hybridized carbons (Fsp3) is 0.250. The van der Waals surface area contributed by atoms with Gasteiger partial charge in [-0.25, -0.2) is 8.42 Å². The Balaban J connectivity index is 2.50. The number of rotatable bonds is 4. The van der Waals surface area contributed by atoms with Gasteiger partial charge in [0.25, 0.3) is 15.6 Å². The van der Waals surface area contributed by atoms with Gasteiger partial charge in [0.05, 0.1) is 15.7 Å². The van der Waals surface area contributed by atoms with Gasteiger partial charge in [-0.2, -0.15) is 26.3 Å². The molecule has 0 aromatic heterocycles. The van der Waals surface area contributed by atoms with Crippen LogP contribution in [0.2, 0.25) is 10.0 Å². The molecule has 13 heteroatoms. The number of sulfonamides is 1. The minimum Gasteiger partial charge on any atom is -0.369 e. The molecule has 0 heterocycles. The highest BCUT2D eigenvalue weighted by molar-refractivity contribution is 7.93. The molecule has 0 radical (unpaired) electrons. The minimum atomic E-state index is -6.06. The molecule has 0 aliphatic rings. The van der Waals surface area contributed by atoms with Crippen molar-refractivity contribution < 1.29 is 39.9 Å². The molecule has 29 heavy (non-hydrogen) atoms. The molecule has 0 unspecified atom stereocenters. The summed E-state index contributed by atoms with van der Waals surface area (Å²) in [5, 5.41) is 9.00. The molecule has 0 aliphatic carbocycles. The lowest BCUT2D eigenvalue weighted by Gasteiger charge is -2.33.